The number of allylic oxidation sites excluding steroid dienone is 1. The van der Waals surface area contributed by atoms with Gasteiger partial charge in [-0.05, 0) is 49.5 Å². The second-order valence-corrected chi connectivity index (χ2v) is 3.43. The van der Waals surface area contributed by atoms with Crippen molar-refractivity contribution in [3.8, 4) is 0 Å². The summed E-state index contributed by atoms with van der Waals surface area (Å²) in [5.74, 6) is 4.29. The van der Waals surface area contributed by atoms with Gasteiger partial charge in [-0.25, -0.2) is 0 Å². The molecule has 1 N–H and O–H groups in total. The lowest BCUT2D eigenvalue weighted by molar-refractivity contribution is 0.160. The Morgan fingerprint density at radius 2 is 2.18 bits per heavy atom. The highest BCUT2D eigenvalue weighted by atomic mass is 14.3. The van der Waals surface area contributed by atoms with Crippen LogP contribution in [0.2, 0.25) is 0 Å². The summed E-state index contributed by atoms with van der Waals surface area (Å²) in [5.41, 5.74) is 0. The molecule has 0 amide bonds. The molecule has 1 aliphatic carbocycles. The van der Waals surface area contributed by atoms with E-state index < -0.39 is 0 Å². The van der Waals surface area contributed by atoms with E-state index in [-0.39, 0.29) is 0 Å². The lowest BCUT2D eigenvalue weighted by Crippen LogP contribution is -2.24. The molecular formula is C10H17N. The van der Waals surface area contributed by atoms with Crippen LogP contribution in [0.4, 0.5) is 0 Å². The molecule has 1 nitrogen and oxygen atoms in total. The molecule has 11 heavy (non-hydrogen) atoms. The predicted octanol–water partition coefficient (Wildman–Crippen LogP) is 3.01. The van der Waals surface area contributed by atoms with Crippen LogP contribution in [0.25, 0.3) is 0 Å². The summed E-state index contributed by atoms with van der Waals surface area (Å²) in [6, 6.07) is 0. The quantitative estimate of drug-likeness (QED) is 0.597. The fourth-order valence-electron chi connectivity index (χ4n) is 1.93. The van der Waals surface area contributed by atoms with E-state index in [4.69, 9.17) is 5.41 Å². The van der Waals surface area contributed by atoms with Gasteiger partial charge in [0.1, 0.15) is 0 Å². The van der Waals surface area contributed by atoms with Crippen molar-refractivity contribution in [2.75, 3.05) is 0 Å². The van der Waals surface area contributed by atoms with E-state index in [0.29, 0.717) is 0 Å². The minimum Gasteiger partial charge on any atom is -0.259 e. The van der Waals surface area contributed by atoms with Crippen molar-refractivity contribution < 1.29 is 0 Å². The van der Waals surface area contributed by atoms with Gasteiger partial charge in [-0.3, -0.25) is 5.41 Å². The fourth-order valence-corrected chi connectivity index (χ4v) is 1.93. The number of hydrogen-bond donors (Lipinski definition) is 1. The molecule has 1 rings (SSSR count). The van der Waals surface area contributed by atoms with Crippen molar-refractivity contribution >= 4 is 5.87 Å². The van der Waals surface area contributed by atoms with Crippen LogP contribution in [0.15, 0.2) is 6.08 Å². The first-order valence-electron chi connectivity index (χ1n) is 4.62. The Morgan fingerprint density at radius 3 is 2.64 bits per heavy atom. The number of rotatable bonds is 4. The van der Waals surface area contributed by atoms with Gasteiger partial charge in [-0.2, -0.15) is 0 Å². The standard InChI is InChI=1S/C10H17N/c1-2-9-6-7-10(9)5-3-4-8-11/h4,9-11H,2-3,5-7H2,1H3. The van der Waals surface area contributed by atoms with E-state index in [1.165, 1.54) is 25.7 Å². The van der Waals surface area contributed by atoms with Gasteiger partial charge in [0, 0.05) is 0 Å². The highest BCUT2D eigenvalue weighted by Crippen LogP contribution is 2.39. The molecule has 2 atom stereocenters. The van der Waals surface area contributed by atoms with Crippen LogP contribution in [-0.4, -0.2) is 5.87 Å². The van der Waals surface area contributed by atoms with E-state index >= 15 is 0 Å². The van der Waals surface area contributed by atoms with Crippen molar-refractivity contribution in [2.24, 2.45) is 11.8 Å². The van der Waals surface area contributed by atoms with E-state index in [1.807, 2.05) is 6.08 Å². The van der Waals surface area contributed by atoms with Crippen molar-refractivity contribution in [3.05, 3.63) is 6.08 Å². The first-order valence-corrected chi connectivity index (χ1v) is 4.62. The lowest BCUT2D eigenvalue weighted by Gasteiger charge is -2.35. The van der Waals surface area contributed by atoms with Gasteiger partial charge in [-0.15, -0.1) is 0 Å². The van der Waals surface area contributed by atoms with Crippen LogP contribution in [0, 0.1) is 17.2 Å². The summed E-state index contributed by atoms with van der Waals surface area (Å²) in [6.07, 6.45) is 8.39. The first-order chi connectivity index (χ1) is 5.38. The summed E-state index contributed by atoms with van der Waals surface area (Å²) in [6.45, 7) is 2.28. The van der Waals surface area contributed by atoms with Crippen LogP contribution in [0.3, 0.4) is 0 Å². The monoisotopic (exact) mass is 151 g/mol. The molecule has 1 heteroatoms. The molecule has 0 aromatic carbocycles. The van der Waals surface area contributed by atoms with Gasteiger partial charge in [0.2, 0.25) is 0 Å². The molecule has 1 saturated carbocycles. The minimum absolute atomic E-state index is 0.963. The molecular weight excluding hydrogens is 134 g/mol. The highest BCUT2D eigenvalue weighted by molar-refractivity contribution is 5.46. The maximum absolute atomic E-state index is 6.71. The average molecular weight is 151 g/mol. The third-order valence-electron chi connectivity index (χ3n) is 2.88. The highest BCUT2D eigenvalue weighted by Gasteiger charge is 2.27. The van der Waals surface area contributed by atoms with Crippen molar-refractivity contribution in [1.82, 2.24) is 0 Å². The molecule has 0 radical (unpaired) electrons. The maximum atomic E-state index is 6.71. The molecule has 62 valence electrons. The summed E-state index contributed by atoms with van der Waals surface area (Å²) in [4.78, 5) is 0. The Bertz CT molecular complexity index is 154. The molecule has 0 heterocycles. The van der Waals surface area contributed by atoms with Gasteiger partial charge in [-0.1, -0.05) is 13.3 Å². The molecule has 0 saturated heterocycles. The molecule has 0 bridgehead atoms. The van der Waals surface area contributed by atoms with E-state index in [1.54, 1.807) is 0 Å². The van der Waals surface area contributed by atoms with Gasteiger partial charge in [0.15, 0.2) is 0 Å². The molecule has 2 unspecified atom stereocenters. The van der Waals surface area contributed by atoms with E-state index in [2.05, 4.69) is 12.8 Å². The second-order valence-electron chi connectivity index (χ2n) is 3.43. The minimum atomic E-state index is 0.963. The largest absolute Gasteiger partial charge is 0.259 e. The van der Waals surface area contributed by atoms with Gasteiger partial charge in [0.25, 0.3) is 0 Å². The molecule has 1 fully saturated rings. The van der Waals surface area contributed by atoms with E-state index in [0.717, 1.165) is 18.3 Å². The van der Waals surface area contributed by atoms with Crippen LogP contribution in [0.1, 0.15) is 39.0 Å². The van der Waals surface area contributed by atoms with Crippen molar-refractivity contribution in [2.45, 2.75) is 39.0 Å². The van der Waals surface area contributed by atoms with Crippen LogP contribution in [-0.2, 0) is 0 Å². The zero-order valence-electron chi connectivity index (χ0n) is 7.27. The SMILES string of the molecule is CCC1CCC1CCC=C=N. The first kappa shape index (κ1) is 8.55. The van der Waals surface area contributed by atoms with Gasteiger partial charge >= 0.3 is 0 Å². The molecule has 1 aliphatic rings. The zero-order valence-corrected chi connectivity index (χ0v) is 7.27. The number of nitrogens with one attached hydrogen (secondary N) is 1. The summed E-state index contributed by atoms with van der Waals surface area (Å²) >= 11 is 0. The van der Waals surface area contributed by atoms with Crippen molar-refractivity contribution in [1.29, 1.82) is 5.41 Å². The fraction of sp³-hybridized carbons (Fsp3) is 0.800. The van der Waals surface area contributed by atoms with E-state index in [9.17, 15) is 0 Å². The Kier molecular flexibility index (Phi) is 3.38. The summed E-state index contributed by atoms with van der Waals surface area (Å²) in [7, 11) is 0. The Hall–Kier alpha value is -0.550. The maximum Gasteiger partial charge on any atom is -0.0234 e. The third kappa shape index (κ3) is 2.20. The van der Waals surface area contributed by atoms with Crippen LogP contribution in [0.5, 0.6) is 0 Å². The average Bonchev–Trinajstić information content (AvgIpc) is 1.97. The number of hydrogen-bond acceptors (Lipinski definition) is 1. The summed E-state index contributed by atoms with van der Waals surface area (Å²) < 4.78 is 0. The third-order valence-corrected chi connectivity index (χ3v) is 2.88. The molecule has 0 spiro atoms. The smallest absolute Gasteiger partial charge is 0.0234 e. The molecule has 0 aliphatic heterocycles. The summed E-state index contributed by atoms with van der Waals surface area (Å²) in [5, 5.41) is 6.71. The normalized spacial score (nSPS) is 28.8. The Morgan fingerprint density at radius 1 is 1.45 bits per heavy atom. The van der Waals surface area contributed by atoms with Crippen LogP contribution < -0.4 is 0 Å². The topological polar surface area (TPSA) is 23.9 Å². The van der Waals surface area contributed by atoms with Crippen LogP contribution >= 0.6 is 0 Å². The van der Waals surface area contributed by atoms with Gasteiger partial charge < -0.3 is 0 Å². The predicted molar refractivity (Wildman–Crippen MR) is 48.0 cm³/mol. The molecule has 0 aromatic heterocycles. The second kappa shape index (κ2) is 4.35. The van der Waals surface area contributed by atoms with Gasteiger partial charge in [0.05, 0.1) is 0 Å². The van der Waals surface area contributed by atoms with Crippen molar-refractivity contribution in [3.63, 3.8) is 0 Å². The Balaban J connectivity index is 2.12. The Labute approximate surface area is 69.0 Å². The zero-order chi connectivity index (χ0) is 8.10. The molecule has 0 aromatic rings. The lowest BCUT2D eigenvalue weighted by atomic mass is 9.70.